The van der Waals surface area contributed by atoms with E-state index in [1.807, 2.05) is 0 Å². The van der Waals surface area contributed by atoms with Crippen molar-refractivity contribution in [2.45, 2.75) is 45.1 Å². The highest BCUT2D eigenvalue weighted by Gasteiger charge is 2.21. The molecule has 0 aliphatic heterocycles. The Labute approximate surface area is 125 Å². The molecular formula is C16H22N2O3. The number of ether oxygens (including phenoxy) is 1. The van der Waals surface area contributed by atoms with Gasteiger partial charge in [-0.25, -0.2) is 9.78 Å². The van der Waals surface area contributed by atoms with Crippen molar-refractivity contribution in [2.24, 2.45) is 5.92 Å². The lowest BCUT2D eigenvalue weighted by Gasteiger charge is -2.22. The maximum absolute atomic E-state index is 11.9. The first-order valence-corrected chi connectivity index (χ1v) is 7.56. The predicted octanol–water partition coefficient (Wildman–Crippen LogP) is 2.32. The van der Waals surface area contributed by atoms with Gasteiger partial charge < -0.3 is 10.1 Å². The van der Waals surface area contributed by atoms with Crippen molar-refractivity contribution in [1.29, 1.82) is 0 Å². The van der Waals surface area contributed by atoms with Crippen LogP contribution < -0.4 is 5.32 Å². The van der Waals surface area contributed by atoms with Gasteiger partial charge in [-0.1, -0.05) is 25.3 Å². The van der Waals surface area contributed by atoms with Gasteiger partial charge in [0, 0.05) is 12.7 Å². The number of carbonyl (C=O) groups excluding carboxylic acids is 2. The molecule has 0 aromatic carbocycles. The molecule has 5 nitrogen and oxygen atoms in total. The first-order chi connectivity index (χ1) is 10.2. The normalized spacial score (nSPS) is 17.0. The van der Waals surface area contributed by atoms with Crippen LogP contribution >= 0.6 is 0 Å². The Morgan fingerprint density at radius 2 is 2.10 bits per heavy atom. The Balaban J connectivity index is 1.75. The molecule has 1 amide bonds. The molecule has 0 spiro atoms. The predicted molar refractivity (Wildman–Crippen MR) is 78.7 cm³/mol. The lowest BCUT2D eigenvalue weighted by molar-refractivity contribution is -0.129. The van der Waals surface area contributed by atoms with E-state index in [0.717, 1.165) is 0 Å². The van der Waals surface area contributed by atoms with Crippen molar-refractivity contribution in [1.82, 2.24) is 10.3 Å². The zero-order valence-corrected chi connectivity index (χ0v) is 12.4. The zero-order chi connectivity index (χ0) is 15.1. The summed E-state index contributed by atoms with van der Waals surface area (Å²) in [6.07, 6.45) is 6.83. The molecule has 21 heavy (non-hydrogen) atoms. The SMILES string of the molecule is C[C@H](OC(=O)c1ccccn1)C(=O)NCC1CCCCC1. The Morgan fingerprint density at radius 3 is 2.76 bits per heavy atom. The van der Waals surface area contributed by atoms with Crippen molar-refractivity contribution >= 4 is 11.9 Å². The van der Waals surface area contributed by atoms with Gasteiger partial charge in [0.05, 0.1) is 0 Å². The quantitative estimate of drug-likeness (QED) is 0.845. The summed E-state index contributed by atoms with van der Waals surface area (Å²) in [4.78, 5) is 27.6. The number of hydrogen-bond donors (Lipinski definition) is 1. The third-order valence-corrected chi connectivity index (χ3v) is 3.82. The van der Waals surface area contributed by atoms with Gasteiger partial charge in [-0.15, -0.1) is 0 Å². The van der Waals surface area contributed by atoms with E-state index in [9.17, 15) is 9.59 Å². The monoisotopic (exact) mass is 290 g/mol. The van der Waals surface area contributed by atoms with Crippen LogP contribution in [0.15, 0.2) is 24.4 Å². The van der Waals surface area contributed by atoms with Crippen molar-refractivity contribution in [2.75, 3.05) is 6.54 Å². The molecule has 1 heterocycles. The summed E-state index contributed by atoms with van der Waals surface area (Å²) < 4.78 is 5.12. The molecule has 1 aliphatic carbocycles. The van der Waals surface area contributed by atoms with E-state index in [-0.39, 0.29) is 11.6 Å². The Kier molecular flexibility index (Phi) is 5.72. The summed E-state index contributed by atoms with van der Waals surface area (Å²) in [6, 6.07) is 4.99. The van der Waals surface area contributed by atoms with Crippen molar-refractivity contribution in [3.8, 4) is 0 Å². The van der Waals surface area contributed by atoms with Gasteiger partial charge >= 0.3 is 5.97 Å². The average molecular weight is 290 g/mol. The number of nitrogens with one attached hydrogen (secondary N) is 1. The summed E-state index contributed by atoms with van der Waals surface area (Å²) in [5.41, 5.74) is 0.212. The smallest absolute Gasteiger partial charge is 0.357 e. The van der Waals surface area contributed by atoms with Crippen molar-refractivity contribution in [3.63, 3.8) is 0 Å². The molecule has 0 radical (unpaired) electrons. The minimum atomic E-state index is -0.803. The van der Waals surface area contributed by atoms with E-state index in [4.69, 9.17) is 4.74 Å². The van der Waals surface area contributed by atoms with Crippen molar-refractivity contribution < 1.29 is 14.3 Å². The maximum atomic E-state index is 11.9. The fourth-order valence-corrected chi connectivity index (χ4v) is 2.54. The second-order valence-electron chi connectivity index (χ2n) is 5.51. The average Bonchev–Trinajstić information content (AvgIpc) is 2.54. The van der Waals surface area contributed by atoms with E-state index in [1.54, 1.807) is 25.1 Å². The summed E-state index contributed by atoms with van der Waals surface area (Å²) in [5.74, 6) is -0.262. The molecule has 1 atom stereocenters. The third-order valence-electron chi connectivity index (χ3n) is 3.82. The van der Waals surface area contributed by atoms with E-state index in [2.05, 4.69) is 10.3 Å². The largest absolute Gasteiger partial charge is 0.448 e. The highest BCUT2D eigenvalue weighted by molar-refractivity contribution is 5.90. The lowest BCUT2D eigenvalue weighted by Crippen LogP contribution is -2.38. The van der Waals surface area contributed by atoms with E-state index in [1.165, 1.54) is 38.3 Å². The molecule has 1 fully saturated rings. The van der Waals surface area contributed by atoms with Gasteiger partial charge in [0.2, 0.25) is 0 Å². The first-order valence-electron chi connectivity index (χ1n) is 7.56. The standard InChI is InChI=1S/C16H22N2O3/c1-12(21-16(20)14-9-5-6-10-17-14)15(19)18-11-13-7-3-2-4-8-13/h5-6,9-10,12-13H,2-4,7-8,11H2,1H3,(H,18,19)/t12-/m0/s1. The van der Waals surface area contributed by atoms with Crippen LogP contribution in [0.25, 0.3) is 0 Å². The molecule has 0 saturated heterocycles. The minimum Gasteiger partial charge on any atom is -0.448 e. The molecule has 1 aromatic heterocycles. The lowest BCUT2D eigenvalue weighted by atomic mass is 9.89. The molecule has 1 N–H and O–H groups in total. The van der Waals surface area contributed by atoms with Gasteiger partial charge in [-0.3, -0.25) is 4.79 Å². The van der Waals surface area contributed by atoms with Gasteiger partial charge in [0.1, 0.15) is 5.69 Å². The Bertz CT molecular complexity index is 470. The zero-order valence-electron chi connectivity index (χ0n) is 12.4. The number of hydrogen-bond acceptors (Lipinski definition) is 4. The number of amides is 1. The number of esters is 1. The summed E-state index contributed by atoms with van der Waals surface area (Å²) >= 11 is 0. The van der Waals surface area contributed by atoms with Crippen LogP contribution in [0, 0.1) is 5.92 Å². The maximum Gasteiger partial charge on any atom is 0.357 e. The molecule has 1 aliphatic rings. The molecule has 1 aromatic rings. The topological polar surface area (TPSA) is 68.3 Å². The summed E-state index contributed by atoms with van der Waals surface area (Å²) in [7, 11) is 0. The van der Waals surface area contributed by atoms with Crippen molar-refractivity contribution in [3.05, 3.63) is 30.1 Å². The molecular weight excluding hydrogens is 268 g/mol. The van der Waals surface area contributed by atoms with E-state index < -0.39 is 12.1 Å². The summed E-state index contributed by atoms with van der Waals surface area (Å²) in [6.45, 7) is 2.25. The first kappa shape index (κ1) is 15.5. The molecule has 114 valence electrons. The minimum absolute atomic E-state index is 0.212. The second-order valence-corrected chi connectivity index (χ2v) is 5.51. The molecule has 0 unspecified atom stereocenters. The highest BCUT2D eigenvalue weighted by Crippen LogP contribution is 2.22. The number of nitrogens with zero attached hydrogens (tertiary/aromatic N) is 1. The van der Waals surface area contributed by atoms with Gasteiger partial charge in [0.15, 0.2) is 6.10 Å². The van der Waals surface area contributed by atoms with Crippen LogP contribution in [0.4, 0.5) is 0 Å². The number of aromatic nitrogens is 1. The fourth-order valence-electron chi connectivity index (χ4n) is 2.54. The summed E-state index contributed by atoms with van der Waals surface area (Å²) in [5, 5.41) is 2.87. The van der Waals surface area contributed by atoms with E-state index in [0.29, 0.717) is 12.5 Å². The van der Waals surface area contributed by atoms with Crippen LogP contribution in [-0.4, -0.2) is 29.5 Å². The molecule has 1 saturated carbocycles. The van der Waals surface area contributed by atoms with Gasteiger partial charge in [0.25, 0.3) is 5.91 Å². The molecule has 2 rings (SSSR count). The Hall–Kier alpha value is -1.91. The number of rotatable bonds is 5. The second kappa shape index (κ2) is 7.76. The van der Waals surface area contributed by atoms with Crippen LogP contribution in [0.3, 0.4) is 0 Å². The third kappa shape index (κ3) is 4.85. The van der Waals surface area contributed by atoms with Crippen LogP contribution in [-0.2, 0) is 9.53 Å². The molecule has 5 heteroatoms. The van der Waals surface area contributed by atoms with Gasteiger partial charge in [-0.2, -0.15) is 0 Å². The highest BCUT2D eigenvalue weighted by atomic mass is 16.5. The van der Waals surface area contributed by atoms with E-state index >= 15 is 0 Å². The number of carbonyl (C=O) groups is 2. The molecule has 0 bridgehead atoms. The van der Waals surface area contributed by atoms with Gasteiger partial charge in [-0.05, 0) is 37.8 Å². The van der Waals surface area contributed by atoms with Crippen LogP contribution in [0.2, 0.25) is 0 Å². The number of pyridine rings is 1. The Morgan fingerprint density at radius 1 is 1.33 bits per heavy atom. The van der Waals surface area contributed by atoms with Crippen LogP contribution in [0.1, 0.15) is 49.5 Å². The van der Waals surface area contributed by atoms with Crippen LogP contribution in [0.5, 0.6) is 0 Å². The fraction of sp³-hybridized carbons (Fsp3) is 0.562.